The Kier molecular flexibility index (Phi) is 5.39. The van der Waals surface area contributed by atoms with Gasteiger partial charge in [-0.2, -0.15) is 0 Å². The second-order valence-electron chi connectivity index (χ2n) is 5.65. The summed E-state index contributed by atoms with van der Waals surface area (Å²) in [6.45, 7) is 7.01. The molecule has 2 atom stereocenters. The van der Waals surface area contributed by atoms with E-state index >= 15 is 0 Å². The fourth-order valence-corrected chi connectivity index (χ4v) is 2.52. The van der Waals surface area contributed by atoms with Crippen molar-refractivity contribution in [1.29, 1.82) is 0 Å². The summed E-state index contributed by atoms with van der Waals surface area (Å²) in [5.74, 6) is 0.917. The van der Waals surface area contributed by atoms with Crippen LogP contribution in [0.4, 0.5) is 5.95 Å². The van der Waals surface area contributed by atoms with Crippen LogP contribution in [0, 0.1) is 6.92 Å². The average Bonchev–Trinajstić information content (AvgIpc) is 2.81. The molecule has 0 saturated heterocycles. The molecule has 1 aromatic heterocycles. The Balaban J connectivity index is 2.11. The van der Waals surface area contributed by atoms with Crippen molar-refractivity contribution in [2.45, 2.75) is 39.3 Å². The van der Waals surface area contributed by atoms with E-state index in [2.05, 4.69) is 65.2 Å². The highest BCUT2D eigenvalue weighted by atomic mass is 16.5. The first-order valence-electron chi connectivity index (χ1n) is 7.45. The van der Waals surface area contributed by atoms with Crippen LogP contribution in [0.25, 0.3) is 0 Å². The number of hydrogen-bond donors (Lipinski definition) is 1. The van der Waals surface area contributed by atoms with E-state index in [9.17, 15) is 0 Å². The Morgan fingerprint density at radius 3 is 2.62 bits per heavy atom. The highest BCUT2D eigenvalue weighted by Gasteiger charge is 2.14. The van der Waals surface area contributed by atoms with E-state index in [-0.39, 0.29) is 6.04 Å². The van der Waals surface area contributed by atoms with Crippen molar-refractivity contribution in [3.8, 4) is 0 Å². The number of nitrogens with zero attached hydrogens (tertiary/aromatic N) is 2. The van der Waals surface area contributed by atoms with Crippen LogP contribution in [0.1, 0.15) is 31.1 Å². The van der Waals surface area contributed by atoms with Gasteiger partial charge < -0.3 is 14.6 Å². The lowest BCUT2D eigenvalue weighted by atomic mass is 10.1. The summed E-state index contributed by atoms with van der Waals surface area (Å²) < 4.78 is 7.40. The molecule has 0 radical (unpaired) electrons. The van der Waals surface area contributed by atoms with Crippen molar-refractivity contribution in [1.82, 2.24) is 9.55 Å². The number of nitrogens with one attached hydrogen (secondary N) is 1. The molecule has 0 aliphatic heterocycles. The second-order valence-corrected chi connectivity index (χ2v) is 5.65. The molecule has 0 fully saturated rings. The van der Waals surface area contributed by atoms with Gasteiger partial charge in [-0.1, -0.05) is 30.3 Å². The zero-order valence-electron chi connectivity index (χ0n) is 13.3. The van der Waals surface area contributed by atoms with Crippen molar-refractivity contribution in [3.05, 3.63) is 47.8 Å². The van der Waals surface area contributed by atoms with Gasteiger partial charge in [0.05, 0.1) is 12.3 Å². The molecule has 0 saturated carbocycles. The molecule has 4 heteroatoms. The molecule has 0 spiro atoms. The van der Waals surface area contributed by atoms with Crippen LogP contribution in [0.15, 0.2) is 36.5 Å². The molecule has 1 aromatic carbocycles. The van der Waals surface area contributed by atoms with E-state index in [1.807, 2.05) is 6.92 Å². The number of hydrogen-bond acceptors (Lipinski definition) is 3. The van der Waals surface area contributed by atoms with Crippen LogP contribution in [0.3, 0.4) is 0 Å². The fraction of sp³-hybridized carbons (Fsp3) is 0.471. The molecule has 0 aliphatic rings. The number of imidazole rings is 1. The summed E-state index contributed by atoms with van der Waals surface area (Å²) in [5, 5.41) is 3.43. The summed E-state index contributed by atoms with van der Waals surface area (Å²) in [7, 11) is 1.72. The van der Waals surface area contributed by atoms with E-state index in [1.165, 1.54) is 5.56 Å². The first-order chi connectivity index (χ1) is 10.1. The Hall–Kier alpha value is -1.81. The monoisotopic (exact) mass is 287 g/mol. The van der Waals surface area contributed by atoms with Crippen LogP contribution < -0.4 is 5.32 Å². The third-order valence-corrected chi connectivity index (χ3v) is 3.49. The Morgan fingerprint density at radius 2 is 1.95 bits per heavy atom. The van der Waals surface area contributed by atoms with Crippen molar-refractivity contribution in [2.75, 3.05) is 19.0 Å². The molecule has 2 unspecified atom stereocenters. The predicted octanol–water partition coefficient (Wildman–Crippen LogP) is 3.44. The summed E-state index contributed by atoms with van der Waals surface area (Å²) in [5.41, 5.74) is 2.37. The lowest BCUT2D eigenvalue weighted by molar-refractivity contribution is 0.190. The van der Waals surface area contributed by atoms with Crippen LogP contribution in [-0.2, 0) is 11.2 Å². The molecule has 2 aromatic rings. The molecule has 4 nitrogen and oxygen atoms in total. The second kappa shape index (κ2) is 7.27. The Morgan fingerprint density at radius 1 is 1.24 bits per heavy atom. The quantitative estimate of drug-likeness (QED) is 0.848. The first-order valence-corrected chi connectivity index (χ1v) is 7.45. The molecule has 0 aliphatic carbocycles. The average molecular weight is 287 g/mol. The molecule has 0 bridgehead atoms. The molecule has 114 valence electrons. The maximum atomic E-state index is 5.18. The largest absolute Gasteiger partial charge is 0.383 e. The standard InChI is InChI=1S/C17H25N3O/c1-13-11-20(17(18-13)19-14(2)12-21-4)15(3)10-16-8-6-5-7-9-16/h5-9,11,14-15H,10,12H2,1-4H3,(H,18,19). The number of aryl methyl sites for hydroxylation is 1. The van der Waals surface area contributed by atoms with Gasteiger partial charge in [-0.05, 0) is 32.8 Å². The first kappa shape index (κ1) is 15.6. The van der Waals surface area contributed by atoms with E-state index in [0.29, 0.717) is 12.6 Å². The molecule has 1 N–H and O–H groups in total. The van der Waals surface area contributed by atoms with Crippen molar-refractivity contribution < 1.29 is 4.74 Å². The minimum absolute atomic E-state index is 0.236. The topological polar surface area (TPSA) is 39.1 Å². The van der Waals surface area contributed by atoms with Crippen molar-refractivity contribution in [3.63, 3.8) is 0 Å². The zero-order valence-corrected chi connectivity index (χ0v) is 13.3. The molecular weight excluding hydrogens is 262 g/mol. The minimum Gasteiger partial charge on any atom is -0.383 e. The lowest BCUT2D eigenvalue weighted by Crippen LogP contribution is -2.24. The molecule has 21 heavy (non-hydrogen) atoms. The fourth-order valence-electron chi connectivity index (χ4n) is 2.52. The normalized spacial score (nSPS) is 13.9. The zero-order chi connectivity index (χ0) is 15.2. The van der Waals surface area contributed by atoms with Crippen LogP contribution in [0.5, 0.6) is 0 Å². The number of methoxy groups -OCH3 is 1. The number of anilines is 1. The van der Waals surface area contributed by atoms with Gasteiger partial charge in [0, 0.05) is 25.4 Å². The smallest absolute Gasteiger partial charge is 0.203 e. The predicted molar refractivity (Wildman–Crippen MR) is 86.8 cm³/mol. The van der Waals surface area contributed by atoms with Gasteiger partial charge in [-0.3, -0.25) is 0 Å². The highest BCUT2D eigenvalue weighted by Crippen LogP contribution is 2.20. The van der Waals surface area contributed by atoms with Crippen LogP contribution in [0.2, 0.25) is 0 Å². The number of ether oxygens (including phenoxy) is 1. The van der Waals surface area contributed by atoms with Gasteiger partial charge in [-0.25, -0.2) is 4.98 Å². The van der Waals surface area contributed by atoms with Crippen molar-refractivity contribution >= 4 is 5.95 Å². The molecule has 1 heterocycles. The Labute approximate surface area is 127 Å². The molecular formula is C17H25N3O. The lowest BCUT2D eigenvalue weighted by Gasteiger charge is -2.19. The summed E-state index contributed by atoms with van der Waals surface area (Å²) in [6.07, 6.45) is 3.10. The van der Waals surface area contributed by atoms with E-state index < -0.39 is 0 Å². The molecule has 0 amide bonds. The van der Waals surface area contributed by atoms with E-state index in [1.54, 1.807) is 7.11 Å². The van der Waals surface area contributed by atoms with Crippen LogP contribution in [-0.4, -0.2) is 29.3 Å². The minimum atomic E-state index is 0.236. The van der Waals surface area contributed by atoms with Crippen molar-refractivity contribution in [2.24, 2.45) is 0 Å². The van der Waals surface area contributed by atoms with Gasteiger partial charge >= 0.3 is 0 Å². The van der Waals surface area contributed by atoms with Crippen LogP contribution >= 0.6 is 0 Å². The summed E-state index contributed by atoms with van der Waals surface area (Å²) in [4.78, 5) is 4.59. The van der Waals surface area contributed by atoms with Gasteiger partial charge in [-0.15, -0.1) is 0 Å². The number of benzene rings is 1. The van der Waals surface area contributed by atoms with Gasteiger partial charge in [0.2, 0.25) is 5.95 Å². The van der Waals surface area contributed by atoms with Gasteiger partial charge in [0.15, 0.2) is 0 Å². The third-order valence-electron chi connectivity index (χ3n) is 3.49. The summed E-state index contributed by atoms with van der Waals surface area (Å²) in [6, 6.07) is 11.1. The van der Waals surface area contributed by atoms with E-state index in [4.69, 9.17) is 4.74 Å². The number of rotatable bonds is 7. The maximum Gasteiger partial charge on any atom is 0.203 e. The maximum absolute atomic E-state index is 5.18. The van der Waals surface area contributed by atoms with Gasteiger partial charge in [0.1, 0.15) is 0 Å². The number of aromatic nitrogens is 2. The molecule has 2 rings (SSSR count). The SMILES string of the molecule is COCC(C)Nc1nc(C)cn1C(C)Cc1ccccc1. The van der Waals surface area contributed by atoms with E-state index in [0.717, 1.165) is 18.1 Å². The van der Waals surface area contributed by atoms with Gasteiger partial charge in [0.25, 0.3) is 0 Å². The summed E-state index contributed by atoms with van der Waals surface area (Å²) >= 11 is 0. The third kappa shape index (κ3) is 4.33. The Bertz CT molecular complexity index is 550. The highest BCUT2D eigenvalue weighted by molar-refractivity contribution is 5.31.